The largest absolute Gasteiger partial charge is 0.305 e. The number of nitro benzene ring substituents is 1. The van der Waals surface area contributed by atoms with Gasteiger partial charge in [0, 0.05) is 6.07 Å². The maximum atomic E-state index is 13.0. The van der Waals surface area contributed by atoms with Crippen molar-refractivity contribution in [3.05, 3.63) is 38.1 Å². The van der Waals surface area contributed by atoms with Crippen molar-refractivity contribution in [2.75, 3.05) is 0 Å². The first kappa shape index (κ1) is 9.12. The molecule has 0 amide bonds. The molecule has 0 bridgehead atoms. The Morgan fingerprint density at radius 3 is 2.67 bits per heavy atom. The fraction of sp³-hybridized carbons (Fsp3) is 0.143. The number of hydrogen-bond acceptors (Lipinski definition) is 2. The van der Waals surface area contributed by atoms with Gasteiger partial charge in [-0.2, -0.15) is 4.39 Å². The lowest BCUT2D eigenvalue weighted by Gasteiger charge is -1.99. The summed E-state index contributed by atoms with van der Waals surface area (Å²) in [5.74, 6) is -0.819. The van der Waals surface area contributed by atoms with Crippen LogP contribution >= 0.6 is 15.9 Å². The highest BCUT2D eigenvalue weighted by atomic mass is 79.9. The zero-order valence-corrected chi connectivity index (χ0v) is 7.76. The van der Waals surface area contributed by atoms with E-state index in [9.17, 15) is 14.5 Å². The van der Waals surface area contributed by atoms with Gasteiger partial charge in [-0.1, -0.05) is 6.07 Å². The molecule has 1 aromatic rings. The Kier molecular flexibility index (Phi) is 2.42. The number of halogens is 2. The molecule has 0 atom stereocenters. The highest BCUT2D eigenvalue weighted by Gasteiger charge is 2.17. The third-order valence-corrected chi connectivity index (χ3v) is 2.43. The van der Waals surface area contributed by atoms with Gasteiger partial charge in [-0.15, -0.1) is 0 Å². The Hall–Kier alpha value is -0.970. The van der Waals surface area contributed by atoms with Crippen molar-refractivity contribution in [1.29, 1.82) is 0 Å². The quantitative estimate of drug-likeness (QED) is 0.553. The van der Waals surface area contributed by atoms with Gasteiger partial charge in [0.25, 0.3) is 0 Å². The second-order valence-electron chi connectivity index (χ2n) is 2.29. The number of nitro groups is 1. The van der Waals surface area contributed by atoms with Crippen molar-refractivity contribution in [3.8, 4) is 0 Å². The van der Waals surface area contributed by atoms with Crippen molar-refractivity contribution in [1.82, 2.24) is 0 Å². The van der Waals surface area contributed by atoms with Gasteiger partial charge >= 0.3 is 5.69 Å². The molecular weight excluding hydrogens is 229 g/mol. The molecule has 0 saturated carbocycles. The minimum Gasteiger partial charge on any atom is -0.258 e. The number of nitrogens with zero attached hydrogens (tertiary/aromatic N) is 1. The van der Waals surface area contributed by atoms with Crippen LogP contribution in [0.3, 0.4) is 0 Å². The predicted octanol–water partition coefficient (Wildman–Crippen LogP) is 2.80. The van der Waals surface area contributed by atoms with Crippen LogP contribution in [-0.4, -0.2) is 4.92 Å². The molecule has 0 spiro atoms. The summed E-state index contributed by atoms with van der Waals surface area (Å²) in [7, 11) is 0. The lowest BCUT2D eigenvalue weighted by atomic mass is 10.2. The van der Waals surface area contributed by atoms with Crippen molar-refractivity contribution in [3.63, 3.8) is 0 Å². The molecule has 12 heavy (non-hydrogen) atoms. The Labute approximate surface area is 76.5 Å². The fourth-order valence-corrected chi connectivity index (χ4v) is 1.11. The second-order valence-corrected chi connectivity index (χ2v) is 3.08. The van der Waals surface area contributed by atoms with Gasteiger partial charge in [0.1, 0.15) is 0 Å². The SMILES string of the molecule is Cc1ccc([N+](=O)[O-])c(F)c1Br. The zero-order valence-electron chi connectivity index (χ0n) is 6.17. The highest BCUT2D eigenvalue weighted by molar-refractivity contribution is 9.10. The molecule has 0 radical (unpaired) electrons. The predicted molar refractivity (Wildman–Crippen MR) is 45.5 cm³/mol. The maximum Gasteiger partial charge on any atom is 0.305 e. The monoisotopic (exact) mass is 233 g/mol. The Morgan fingerprint density at radius 1 is 1.58 bits per heavy atom. The summed E-state index contributed by atoms with van der Waals surface area (Å²) >= 11 is 2.92. The summed E-state index contributed by atoms with van der Waals surface area (Å²) in [6, 6.07) is 2.64. The van der Waals surface area contributed by atoms with Gasteiger partial charge in [-0.3, -0.25) is 10.1 Å². The fourth-order valence-electron chi connectivity index (χ4n) is 0.777. The molecule has 0 aliphatic heterocycles. The summed E-state index contributed by atoms with van der Waals surface area (Å²) in [6.07, 6.45) is 0. The summed E-state index contributed by atoms with van der Waals surface area (Å²) in [5, 5.41) is 10.2. The molecule has 0 aromatic heterocycles. The van der Waals surface area contributed by atoms with E-state index in [1.54, 1.807) is 6.92 Å². The van der Waals surface area contributed by atoms with Crippen molar-refractivity contribution in [2.24, 2.45) is 0 Å². The van der Waals surface area contributed by atoms with E-state index in [2.05, 4.69) is 15.9 Å². The first-order chi connectivity index (χ1) is 5.54. The van der Waals surface area contributed by atoms with Crippen LogP contribution in [0.2, 0.25) is 0 Å². The molecule has 5 heteroatoms. The number of hydrogen-bond donors (Lipinski definition) is 0. The minimum absolute atomic E-state index is 0.150. The molecule has 0 heterocycles. The van der Waals surface area contributed by atoms with Crippen LogP contribution in [0.4, 0.5) is 10.1 Å². The average molecular weight is 234 g/mol. The van der Waals surface area contributed by atoms with Crippen molar-refractivity contribution >= 4 is 21.6 Å². The molecule has 64 valence electrons. The van der Waals surface area contributed by atoms with Gasteiger partial charge in [0.15, 0.2) is 0 Å². The number of rotatable bonds is 1. The lowest BCUT2D eigenvalue weighted by Crippen LogP contribution is -1.94. The van der Waals surface area contributed by atoms with E-state index < -0.39 is 16.4 Å². The van der Waals surface area contributed by atoms with Crippen molar-refractivity contribution < 1.29 is 9.31 Å². The third-order valence-electron chi connectivity index (χ3n) is 1.45. The first-order valence-corrected chi connectivity index (χ1v) is 3.92. The van der Waals surface area contributed by atoms with E-state index in [1.807, 2.05) is 0 Å². The topological polar surface area (TPSA) is 43.1 Å². The van der Waals surface area contributed by atoms with Crippen molar-refractivity contribution in [2.45, 2.75) is 6.92 Å². The normalized spacial score (nSPS) is 9.92. The lowest BCUT2D eigenvalue weighted by molar-refractivity contribution is -0.387. The van der Waals surface area contributed by atoms with Crippen LogP contribution in [0.25, 0.3) is 0 Å². The third kappa shape index (κ3) is 1.45. The Balaban J connectivity index is 3.36. The van der Waals surface area contributed by atoms with E-state index in [0.717, 1.165) is 6.07 Å². The summed E-state index contributed by atoms with van der Waals surface area (Å²) in [4.78, 5) is 9.48. The average Bonchev–Trinajstić information content (AvgIpc) is 2.00. The van der Waals surface area contributed by atoms with Crippen LogP contribution in [0.5, 0.6) is 0 Å². The number of aryl methyl sites for hydroxylation is 1. The van der Waals surface area contributed by atoms with Gasteiger partial charge in [0.05, 0.1) is 9.40 Å². The molecule has 0 unspecified atom stereocenters. The molecule has 0 saturated heterocycles. The van der Waals surface area contributed by atoms with Gasteiger partial charge in [-0.25, -0.2) is 0 Å². The first-order valence-electron chi connectivity index (χ1n) is 3.13. The second kappa shape index (κ2) is 3.18. The van der Waals surface area contributed by atoms with Gasteiger partial charge in [0.2, 0.25) is 5.82 Å². The van der Waals surface area contributed by atoms with E-state index in [-0.39, 0.29) is 4.47 Å². The van der Waals surface area contributed by atoms with E-state index >= 15 is 0 Å². The molecule has 1 rings (SSSR count). The smallest absolute Gasteiger partial charge is 0.258 e. The maximum absolute atomic E-state index is 13.0. The van der Waals surface area contributed by atoms with Crippen LogP contribution < -0.4 is 0 Å². The van der Waals surface area contributed by atoms with Crippen LogP contribution in [-0.2, 0) is 0 Å². The van der Waals surface area contributed by atoms with E-state index in [1.165, 1.54) is 6.07 Å². The summed E-state index contributed by atoms with van der Waals surface area (Å²) < 4.78 is 13.2. The van der Waals surface area contributed by atoms with E-state index in [4.69, 9.17) is 0 Å². The van der Waals surface area contributed by atoms with Gasteiger partial charge in [-0.05, 0) is 28.4 Å². The molecular formula is C7H5BrFNO2. The zero-order chi connectivity index (χ0) is 9.30. The molecule has 1 aromatic carbocycles. The Morgan fingerprint density at radius 2 is 2.17 bits per heavy atom. The Bertz CT molecular complexity index is 340. The summed E-state index contributed by atoms with van der Waals surface area (Å²) in [5.41, 5.74) is 0.130. The van der Waals surface area contributed by atoms with Crippen LogP contribution in [0.15, 0.2) is 16.6 Å². The van der Waals surface area contributed by atoms with E-state index in [0.29, 0.717) is 5.56 Å². The minimum atomic E-state index is -0.819. The molecule has 3 nitrogen and oxygen atoms in total. The van der Waals surface area contributed by atoms with Gasteiger partial charge < -0.3 is 0 Å². The highest BCUT2D eigenvalue weighted by Crippen LogP contribution is 2.27. The molecule has 0 aliphatic carbocycles. The molecule has 0 fully saturated rings. The standard InChI is InChI=1S/C7H5BrFNO2/c1-4-2-3-5(10(11)12)7(9)6(4)8/h2-3H,1H3. The molecule has 0 N–H and O–H groups in total. The van der Waals surface area contributed by atoms with Crippen LogP contribution in [0, 0.1) is 22.9 Å². The van der Waals surface area contributed by atoms with Crippen LogP contribution in [0.1, 0.15) is 5.56 Å². The molecule has 0 aliphatic rings. The summed E-state index contributed by atoms with van der Waals surface area (Å²) in [6.45, 7) is 1.66. The number of benzene rings is 1.